The van der Waals surface area contributed by atoms with Crippen LogP contribution in [0, 0.1) is 5.92 Å². The summed E-state index contributed by atoms with van der Waals surface area (Å²) in [6, 6.07) is 13.3. The Morgan fingerprint density at radius 1 is 1.10 bits per heavy atom. The summed E-state index contributed by atoms with van der Waals surface area (Å²) in [4.78, 5) is 16.4. The lowest BCUT2D eigenvalue weighted by molar-refractivity contribution is -0.119. The Labute approximate surface area is 172 Å². The van der Waals surface area contributed by atoms with E-state index in [-0.39, 0.29) is 11.8 Å². The number of hydrogen-bond donors (Lipinski definition) is 3. The molecular formula is C22H30N4O3. The van der Waals surface area contributed by atoms with Crippen LogP contribution in [-0.2, 0) is 17.9 Å². The number of carbonyl (C=O) groups is 1. The van der Waals surface area contributed by atoms with Crippen LogP contribution in [0.25, 0.3) is 0 Å². The van der Waals surface area contributed by atoms with Gasteiger partial charge in [0.05, 0.1) is 20.8 Å². The van der Waals surface area contributed by atoms with E-state index in [1.165, 1.54) is 0 Å². The van der Waals surface area contributed by atoms with Crippen molar-refractivity contribution in [2.75, 3.05) is 19.5 Å². The van der Waals surface area contributed by atoms with E-state index in [1.807, 2.05) is 56.3 Å². The number of rotatable bonds is 9. The maximum absolute atomic E-state index is 12.0. The Balaban J connectivity index is 1.93. The van der Waals surface area contributed by atoms with Crippen LogP contribution in [0.1, 0.15) is 31.4 Å². The molecule has 0 saturated carbocycles. The number of methoxy groups -OCH3 is 2. The number of guanidine groups is 1. The fourth-order valence-corrected chi connectivity index (χ4v) is 2.61. The summed E-state index contributed by atoms with van der Waals surface area (Å²) in [6.07, 6.45) is 0.804. The van der Waals surface area contributed by atoms with E-state index in [2.05, 4.69) is 15.6 Å². The smallest absolute Gasteiger partial charge is 0.227 e. The molecule has 0 aromatic heterocycles. The molecule has 0 radical (unpaired) electrons. The van der Waals surface area contributed by atoms with Crippen LogP contribution in [0.4, 0.5) is 5.69 Å². The van der Waals surface area contributed by atoms with Gasteiger partial charge in [0.1, 0.15) is 0 Å². The second-order valence-corrected chi connectivity index (χ2v) is 6.74. The average molecular weight is 399 g/mol. The van der Waals surface area contributed by atoms with Gasteiger partial charge in [-0.05, 0) is 41.8 Å². The van der Waals surface area contributed by atoms with Crippen molar-refractivity contribution in [2.24, 2.45) is 16.6 Å². The van der Waals surface area contributed by atoms with Crippen molar-refractivity contribution in [3.05, 3.63) is 53.6 Å². The Morgan fingerprint density at radius 3 is 2.55 bits per heavy atom. The lowest BCUT2D eigenvalue weighted by atomic mass is 10.1. The summed E-state index contributed by atoms with van der Waals surface area (Å²) < 4.78 is 10.5. The molecule has 2 aromatic rings. The summed E-state index contributed by atoms with van der Waals surface area (Å²) >= 11 is 0. The maximum atomic E-state index is 12.0. The van der Waals surface area contributed by atoms with Crippen molar-refractivity contribution in [1.29, 1.82) is 0 Å². The fraction of sp³-hybridized carbons (Fsp3) is 0.364. The second-order valence-electron chi connectivity index (χ2n) is 6.74. The Bertz CT molecular complexity index is 852. The maximum Gasteiger partial charge on any atom is 0.227 e. The topological polar surface area (TPSA) is 98.0 Å². The van der Waals surface area contributed by atoms with Gasteiger partial charge in [-0.2, -0.15) is 0 Å². The van der Waals surface area contributed by atoms with Gasteiger partial charge in [0.2, 0.25) is 5.91 Å². The molecule has 0 bridgehead atoms. The third-order valence-corrected chi connectivity index (χ3v) is 4.61. The summed E-state index contributed by atoms with van der Waals surface area (Å²) in [7, 11) is 3.20. The van der Waals surface area contributed by atoms with Gasteiger partial charge in [-0.25, -0.2) is 4.99 Å². The molecule has 0 saturated heterocycles. The van der Waals surface area contributed by atoms with Crippen LogP contribution in [0.15, 0.2) is 47.5 Å². The van der Waals surface area contributed by atoms with Crippen molar-refractivity contribution in [2.45, 2.75) is 33.4 Å². The number of ether oxygens (including phenoxy) is 2. The molecule has 4 N–H and O–H groups in total. The molecule has 2 aromatic carbocycles. The van der Waals surface area contributed by atoms with Crippen molar-refractivity contribution in [1.82, 2.24) is 5.32 Å². The molecule has 1 unspecified atom stereocenters. The van der Waals surface area contributed by atoms with E-state index in [0.717, 1.165) is 23.2 Å². The van der Waals surface area contributed by atoms with Gasteiger partial charge < -0.3 is 25.8 Å². The minimum atomic E-state index is -0.0203. The van der Waals surface area contributed by atoms with Gasteiger partial charge >= 0.3 is 0 Å². The first kappa shape index (κ1) is 22.1. The van der Waals surface area contributed by atoms with Crippen LogP contribution in [-0.4, -0.2) is 26.1 Å². The van der Waals surface area contributed by atoms with Crippen LogP contribution in [0.3, 0.4) is 0 Å². The SMILES string of the molecule is CCC(C)C(=O)Nc1cccc(CN=C(N)NCc2ccc(OC)c(OC)c2)c1. The van der Waals surface area contributed by atoms with Gasteiger partial charge in [-0.3, -0.25) is 4.79 Å². The predicted molar refractivity (Wildman–Crippen MR) is 116 cm³/mol. The normalized spacial score (nSPS) is 12.2. The molecule has 0 fully saturated rings. The average Bonchev–Trinajstić information content (AvgIpc) is 2.75. The highest BCUT2D eigenvalue weighted by Gasteiger charge is 2.10. The molecule has 0 aliphatic rings. The Hall–Kier alpha value is -3.22. The minimum Gasteiger partial charge on any atom is -0.493 e. The quantitative estimate of drug-likeness (QED) is 0.445. The van der Waals surface area contributed by atoms with Crippen LogP contribution < -0.4 is 25.8 Å². The number of aliphatic imine (C=N–C) groups is 1. The first-order valence-corrected chi connectivity index (χ1v) is 9.61. The molecule has 7 heteroatoms. The van der Waals surface area contributed by atoms with Crippen molar-refractivity contribution >= 4 is 17.6 Å². The van der Waals surface area contributed by atoms with E-state index < -0.39 is 0 Å². The van der Waals surface area contributed by atoms with E-state index in [0.29, 0.717) is 30.5 Å². The largest absolute Gasteiger partial charge is 0.493 e. The number of nitrogens with zero attached hydrogens (tertiary/aromatic N) is 1. The summed E-state index contributed by atoms with van der Waals surface area (Å²) in [5, 5.41) is 6.02. The number of carbonyl (C=O) groups excluding carboxylic acids is 1. The van der Waals surface area contributed by atoms with Crippen LogP contribution in [0.2, 0.25) is 0 Å². The highest BCUT2D eigenvalue weighted by molar-refractivity contribution is 5.92. The van der Waals surface area contributed by atoms with Gasteiger partial charge in [0.25, 0.3) is 0 Å². The highest BCUT2D eigenvalue weighted by Crippen LogP contribution is 2.27. The summed E-state index contributed by atoms with van der Waals surface area (Å²) in [5.74, 6) is 1.68. The van der Waals surface area contributed by atoms with Crippen LogP contribution in [0.5, 0.6) is 11.5 Å². The minimum absolute atomic E-state index is 0.0178. The molecule has 0 aliphatic carbocycles. The molecule has 7 nitrogen and oxygen atoms in total. The molecule has 0 aliphatic heterocycles. The summed E-state index contributed by atoms with van der Waals surface area (Å²) in [5.41, 5.74) is 8.71. The Morgan fingerprint density at radius 2 is 1.86 bits per heavy atom. The zero-order valence-electron chi connectivity index (χ0n) is 17.5. The van der Waals surface area contributed by atoms with E-state index in [4.69, 9.17) is 15.2 Å². The monoisotopic (exact) mass is 398 g/mol. The third kappa shape index (κ3) is 6.71. The van der Waals surface area contributed by atoms with E-state index in [1.54, 1.807) is 14.2 Å². The number of anilines is 1. The zero-order chi connectivity index (χ0) is 21.2. The van der Waals surface area contributed by atoms with Crippen molar-refractivity contribution in [3.8, 4) is 11.5 Å². The lowest BCUT2D eigenvalue weighted by Gasteiger charge is -2.11. The number of nitrogens with one attached hydrogen (secondary N) is 2. The summed E-state index contributed by atoms with van der Waals surface area (Å²) in [6.45, 7) is 4.83. The molecule has 2 rings (SSSR count). The highest BCUT2D eigenvalue weighted by atomic mass is 16.5. The van der Waals surface area contributed by atoms with Crippen molar-refractivity contribution < 1.29 is 14.3 Å². The molecule has 0 spiro atoms. The van der Waals surface area contributed by atoms with Gasteiger partial charge in [0, 0.05) is 18.2 Å². The molecular weight excluding hydrogens is 368 g/mol. The number of nitrogens with two attached hydrogens (primary N) is 1. The van der Waals surface area contributed by atoms with E-state index >= 15 is 0 Å². The zero-order valence-corrected chi connectivity index (χ0v) is 17.5. The fourth-order valence-electron chi connectivity index (χ4n) is 2.61. The number of benzene rings is 2. The lowest BCUT2D eigenvalue weighted by Crippen LogP contribution is -2.31. The van der Waals surface area contributed by atoms with Crippen LogP contribution >= 0.6 is 0 Å². The number of hydrogen-bond acceptors (Lipinski definition) is 4. The molecule has 1 atom stereocenters. The predicted octanol–water partition coefficient (Wildman–Crippen LogP) is 3.29. The van der Waals surface area contributed by atoms with E-state index in [9.17, 15) is 4.79 Å². The first-order chi connectivity index (χ1) is 14.0. The van der Waals surface area contributed by atoms with Gasteiger partial charge in [0.15, 0.2) is 17.5 Å². The Kier molecular flexibility index (Phi) is 8.33. The van der Waals surface area contributed by atoms with Crippen molar-refractivity contribution in [3.63, 3.8) is 0 Å². The van der Waals surface area contributed by atoms with Gasteiger partial charge in [-0.1, -0.05) is 32.0 Å². The molecule has 0 heterocycles. The standard InChI is InChI=1S/C22H30N4O3/c1-5-15(2)21(27)26-18-8-6-7-16(11-18)13-24-22(23)25-14-17-9-10-19(28-3)20(12-17)29-4/h6-12,15H,5,13-14H2,1-4H3,(H,26,27)(H3,23,24,25). The third-order valence-electron chi connectivity index (χ3n) is 4.61. The molecule has 1 amide bonds. The second kappa shape index (κ2) is 10.9. The van der Waals surface area contributed by atoms with Gasteiger partial charge in [-0.15, -0.1) is 0 Å². The molecule has 156 valence electrons. The number of amides is 1. The molecule has 29 heavy (non-hydrogen) atoms. The first-order valence-electron chi connectivity index (χ1n) is 9.61.